The van der Waals surface area contributed by atoms with E-state index in [-0.39, 0.29) is 16.7 Å². The van der Waals surface area contributed by atoms with Gasteiger partial charge in [0, 0.05) is 19.0 Å². The van der Waals surface area contributed by atoms with Gasteiger partial charge in [0.1, 0.15) is 4.90 Å². The molecule has 0 aliphatic carbocycles. The van der Waals surface area contributed by atoms with E-state index < -0.39 is 10.0 Å². The summed E-state index contributed by atoms with van der Waals surface area (Å²) >= 11 is 0. The Morgan fingerprint density at radius 2 is 1.86 bits per heavy atom. The lowest BCUT2D eigenvalue weighted by molar-refractivity contribution is -0.119. The van der Waals surface area contributed by atoms with E-state index in [0.717, 1.165) is 6.54 Å². The number of rotatable bonds is 8. The first-order chi connectivity index (χ1) is 9.92. The smallest absolute Gasteiger partial charge is 0.242 e. The maximum absolute atomic E-state index is 12.1. The van der Waals surface area contributed by atoms with Gasteiger partial charge in [0.05, 0.1) is 5.69 Å². The number of benzene rings is 1. The monoisotopic (exact) mass is 313 g/mol. The van der Waals surface area contributed by atoms with Crippen molar-refractivity contribution in [3.05, 3.63) is 24.3 Å². The topological polar surface area (TPSA) is 87.3 Å². The molecule has 0 radical (unpaired) electrons. The van der Waals surface area contributed by atoms with Crippen LogP contribution in [0, 0.1) is 5.92 Å². The number of hydrogen-bond acceptors (Lipinski definition) is 4. The van der Waals surface area contributed by atoms with Gasteiger partial charge in [-0.2, -0.15) is 0 Å². The summed E-state index contributed by atoms with van der Waals surface area (Å²) in [6.07, 6.45) is 0. The number of hydrogen-bond donors (Lipinski definition) is 3. The zero-order valence-electron chi connectivity index (χ0n) is 12.6. The molecule has 0 fully saturated rings. The maximum atomic E-state index is 12.1. The van der Waals surface area contributed by atoms with Gasteiger partial charge in [0.15, 0.2) is 0 Å². The average molecular weight is 313 g/mol. The predicted molar refractivity (Wildman–Crippen MR) is 83.6 cm³/mol. The molecular weight excluding hydrogens is 290 g/mol. The molecule has 0 aromatic heterocycles. The van der Waals surface area contributed by atoms with Crippen LogP contribution < -0.4 is 15.4 Å². The van der Waals surface area contributed by atoms with Crippen molar-refractivity contribution >= 4 is 21.6 Å². The predicted octanol–water partition coefficient (Wildman–Crippen LogP) is 1.17. The molecule has 0 bridgehead atoms. The molecule has 0 aliphatic heterocycles. The van der Waals surface area contributed by atoms with Gasteiger partial charge in [0.2, 0.25) is 15.9 Å². The van der Waals surface area contributed by atoms with Crippen LogP contribution in [-0.4, -0.2) is 34.0 Å². The number of anilines is 1. The molecule has 0 aliphatic rings. The van der Waals surface area contributed by atoms with Crippen molar-refractivity contribution in [2.45, 2.75) is 25.7 Å². The highest BCUT2D eigenvalue weighted by atomic mass is 32.2. The summed E-state index contributed by atoms with van der Waals surface area (Å²) in [5.74, 6) is -0.463. The Kier molecular flexibility index (Phi) is 6.80. The van der Waals surface area contributed by atoms with Crippen molar-refractivity contribution in [1.29, 1.82) is 0 Å². The van der Waals surface area contributed by atoms with Crippen LogP contribution in [0.2, 0.25) is 0 Å². The molecule has 1 atom stereocenters. The van der Waals surface area contributed by atoms with Crippen LogP contribution in [0.15, 0.2) is 29.2 Å². The Hall–Kier alpha value is -1.44. The van der Waals surface area contributed by atoms with Crippen LogP contribution in [0.5, 0.6) is 0 Å². The van der Waals surface area contributed by atoms with Crippen LogP contribution in [-0.2, 0) is 14.8 Å². The highest BCUT2D eigenvalue weighted by Crippen LogP contribution is 2.21. The number of sulfonamides is 1. The normalized spacial score (nSPS) is 12.9. The molecule has 0 spiro atoms. The molecule has 0 heterocycles. The quantitative estimate of drug-likeness (QED) is 0.672. The van der Waals surface area contributed by atoms with Gasteiger partial charge in [-0.3, -0.25) is 4.79 Å². The Morgan fingerprint density at radius 1 is 1.19 bits per heavy atom. The second-order valence-electron chi connectivity index (χ2n) is 4.70. The van der Waals surface area contributed by atoms with Gasteiger partial charge in [-0.05, 0) is 18.7 Å². The van der Waals surface area contributed by atoms with E-state index in [1.807, 2.05) is 6.92 Å². The Bertz CT molecular complexity index is 573. The molecule has 0 saturated carbocycles. The zero-order chi connectivity index (χ0) is 15.9. The molecule has 1 aromatic carbocycles. The minimum Gasteiger partial charge on any atom is -0.325 e. The summed E-state index contributed by atoms with van der Waals surface area (Å²) in [6, 6.07) is 6.38. The standard InChI is InChI=1S/C14H23N3O3S/c1-4-15-10-11(3)14(18)17-12-8-6-7-9-13(12)21(19,20)16-5-2/h6-9,11,15-16H,4-5,10H2,1-3H3,(H,17,18). The highest BCUT2D eigenvalue weighted by Gasteiger charge is 2.20. The fourth-order valence-electron chi connectivity index (χ4n) is 1.78. The summed E-state index contributed by atoms with van der Waals surface area (Å²) in [4.78, 5) is 12.2. The van der Waals surface area contributed by atoms with Crippen molar-refractivity contribution in [3.63, 3.8) is 0 Å². The lowest BCUT2D eigenvalue weighted by atomic mass is 10.1. The number of carbonyl (C=O) groups is 1. The summed E-state index contributed by atoms with van der Waals surface area (Å²) in [5.41, 5.74) is 0.298. The first-order valence-corrected chi connectivity index (χ1v) is 8.51. The van der Waals surface area contributed by atoms with Crippen LogP contribution in [0.3, 0.4) is 0 Å². The largest absolute Gasteiger partial charge is 0.325 e. The number of para-hydroxylation sites is 1. The molecule has 21 heavy (non-hydrogen) atoms. The molecular formula is C14H23N3O3S. The van der Waals surface area contributed by atoms with Crippen molar-refractivity contribution in [3.8, 4) is 0 Å². The van der Waals surface area contributed by atoms with Crippen LogP contribution in [0.1, 0.15) is 20.8 Å². The van der Waals surface area contributed by atoms with Gasteiger partial charge in [-0.1, -0.05) is 32.9 Å². The molecule has 7 heteroatoms. The Morgan fingerprint density at radius 3 is 2.48 bits per heavy atom. The van der Waals surface area contributed by atoms with Gasteiger partial charge < -0.3 is 10.6 Å². The van der Waals surface area contributed by atoms with E-state index >= 15 is 0 Å². The van der Waals surface area contributed by atoms with Crippen LogP contribution >= 0.6 is 0 Å². The summed E-state index contributed by atoms with van der Waals surface area (Å²) in [6.45, 7) is 7.08. The van der Waals surface area contributed by atoms with Crippen molar-refractivity contribution in [2.75, 3.05) is 25.0 Å². The lowest BCUT2D eigenvalue weighted by Gasteiger charge is -2.15. The third-order valence-electron chi connectivity index (χ3n) is 2.92. The Balaban J connectivity index is 2.92. The molecule has 6 nitrogen and oxygen atoms in total. The number of nitrogens with one attached hydrogen (secondary N) is 3. The molecule has 1 unspecified atom stereocenters. The lowest BCUT2D eigenvalue weighted by Crippen LogP contribution is -2.31. The summed E-state index contributed by atoms with van der Waals surface area (Å²) < 4.78 is 26.6. The minimum atomic E-state index is -3.61. The third-order valence-corrected chi connectivity index (χ3v) is 4.52. The third kappa shape index (κ3) is 5.11. The maximum Gasteiger partial charge on any atom is 0.242 e. The molecule has 118 valence electrons. The van der Waals surface area contributed by atoms with Gasteiger partial charge in [-0.15, -0.1) is 0 Å². The molecule has 0 saturated heterocycles. The second kappa shape index (κ2) is 8.11. The van der Waals surface area contributed by atoms with Gasteiger partial charge >= 0.3 is 0 Å². The summed E-state index contributed by atoms with van der Waals surface area (Å²) in [5, 5.41) is 5.77. The second-order valence-corrected chi connectivity index (χ2v) is 6.43. The molecule has 1 amide bonds. The number of amides is 1. The van der Waals surface area contributed by atoms with Gasteiger partial charge in [-0.25, -0.2) is 13.1 Å². The molecule has 1 aromatic rings. The van der Waals surface area contributed by atoms with E-state index in [0.29, 0.717) is 18.8 Å². The van der Waals surface area contributed by atoms with Crippen molar-refractivity contribution in [1.82, 2.24) is 10.0 Å². The van der Waals surface area contributed by atoms with Gasteiger partial charge in [0.25, 0.3) is 0 Å². The average Bonchev–Trinajstić information content (AvgIpc) is 2.45. The summed E-state index contributed by atoms with van der Waals surface area (Å²) in [7, 11) is -3.61. The van der Waals surface area contributed by atoms with Crippen LogP contribution in [0.4, 0.5) is 5.69 Å². The fourth-order valence-corrected chi connectivity index (χ4v) is 2.98. The number of carbonyl (C=O) groups excluding carboxylic acids is 1. The van der Waals surface area contributed by atoms with E-state index in [2.05, 4.69) is 15.4 Å². The Labute approximate surface area is 126 Å². The van der Waals surface area contributed by atoms with E-state index in [4.69, 9.17) is 0 Å². The first kappa shape index (κ1) is 17.6. The SMILES string of the molecule is CCNCC(C)C(=O)Nc1ccccc1S(=O)(=O)NCC. The molecule has 1 rings (SSSR count). The molecule has 3 N–H and O–H groups in total. The van der Waals surface area contributed by atoms with E-state index in [9.17, 15) is 13.2 Å². The minimum absolute atomic E-state index is 0.0795. The van der Waals surface area contributed by atoms with E-state index in [1.165, 1.54) is 6.07 Å². The van der Waals surface area contributed by atoms with Crippen molar-refractivity contribution in [2.24, 2.45) is 5.92 Å². The van der Waals surface area contributed by atoms with E-state index in [1.54, 1.807) is 32.0 Å². The highest BCUT2D eigenvalue weighted by molar-refractivity contribution is 7.89. The fraction of sp³-hybridized carbons (Fsp3) is 0.500. The van der Waals surface area contributed by atoms with Crippen molar-refractivity contribution < 1.29 is 13.2 Å². The zero-order valence-corrected chi connectivity index (χ0v) is 13.5. The first-order valence-electron chi connectivity index (χ1n) is 7.02. The van der Waals surface area contributed by atoms with Crippen LogP contribution in [0.25, 0.3) is 0 Å².